The van der Waals surface area contributed by atoms with Gasteiger partial charge in [0.05, 0.1) is 10.5 Å². The third-order valence-electron chi connectivity index (χ3n) is 9.76. The lowest BCUT2D eigenvalue weighted by Crippen LogP contribution is -2.54. The second-order valence-electron chi connectivity index (χ2n) is 12.3. The van der Waals surface area contributed by atoms with Crippen molar-refractivity contribution in [3.8, 4) is 0 Å². The zero-order valence-electron chi connectivity index (χ0n) is 22.4. The molecule has 4 aliphatic carbocycles. The second kappa shape index (κ2) is 9.82. The molecular weight excluding hydrogens is 543 g/mol. The first-order chi connectivity index (χ1) is 18.4. The highest BCUT2D eigenvalue weighted by Crippen LogP contribution is 2.59. The molecule has 4 bridgehead atoms. The van der Waals surface area contributed by atoms with Crippen molar-refractivity contribution in [3.63, 3.8) is 0 Å². The molecule has 0 amide bonds. The first-order valence-corrected chi connectivity index (χ1v) is 15.7. The minimum absolute atomic E-state index is 0.0610. The summed E-state index contributed by atoms with van der Waals surface area (Å²) in [5, 5.41) is 15.7. The number of aliphatic hydroxyl groups is 1. The molecule has 8 nitrogen and oxygen atoms in total. The van der Waals surface area contributed by atoms with E-state index in [-0.39, 0.29) is 39.9 Å². The molecule has 39 heavy (non-hydrogen) atoms. The average Bonchev–Trinajstić information content (AvgIpc) is 3.18. The van der Waals surface area contributed by atoms with Gasteiger partial charge in [-0.05, 0) is 86.8 Å². The van der Waals surface area contributed by atoms with Crippen molar-refractivity contribution >= 4 is 33.2 Å². The van der Waals surface area contributed by atoms with E-state index < -0.39 is 21.4 Å². The predicted octanol–water partition coefficient (Wildman–Crippen LogP) is 4.26. The first kappa shape index (κ1) is 27.2. The maximum atomic E-state index is 13.7. The Hall–Kier alpha value is -2.01. The van der Waals surface area contributed by atoms with E-state index in [1.54, 1.807) is 11.7 Å². The van der Waals surface area contributed by atoms with Gasteiger partial charge < -0.3 is 10.0 Å². The van der Waals surface area contributed by atoms with E-state index in [1.165, 1.54) is 22.5 Å². The largest absolute Gasteiger partial charge is 0.390 e. The third kappa shape index (κ3) is 4.81. The number of benzene rings is 1. The fourth-order valence-corrected chi connectivity index (χ4v) is 10.1. The van der Waals surface area contributed by atoms with Crippen molar-refractivity contribution in [2.24, 2.45) is 30.7 Å². The van der Waals surface area contributed by atoms with Crippen LogP contribution in [0, 0.1) is 29.5 Å². The van der Waals surface area contributed by atoms with E-state index >= 15 is 0 Å². The minimum Gasteiger partial charge on any atom is -0.390 e. The van der Waals surface area contributed by atoms with Crippen LogP contribution in [0.25, 0.3) is 0 Å². The molecule has 1 saturated heterocycles. The Kier molecular flexibility index (Phi) is 6.84. The number of hydrogen-bond acceptors (Lipinski definition) is 6. The molecule has 4 saturated carbocycles. The van der Waals surface area contributed by atoms with Crippen molar-refractivity contribution in [2.75, 3.05) is 25.0 Å². The SMILES string of the molecule is CN(c1c(Cl)c(C(=O)CC2C3CC4CC2CC(O)(C4)C3)nn1C)[C@H]1CCCN(S(=O)(=O)c2cccc(F)c2)C1. The van der Waals surface area contributed by atoms with Crippen molar-refractivity contribution in [1.82, 2.24) is 14.1 Å². The van der Waals surface area contributed by atoms with Crippen LogP contribution in [0.4, 0.5) is 10.2 Å². The summed E-state index contributed by atoms with van der Waals surface area (Å²) in [6, 6.07) is 4.88. The average molecular weight is 579 g/mol. The summed E-state index contributed by atoms with van der Waals surface area (Å²) in [4.78, 5) is 15.4. The maximum Gasteiger partial charge on any atom is 0.243 e. The van der Waals surface area contributed by atoms with Gasteiger partial charge in [0.1, 0.15) is 22.4 Å². The molecule has 2 unspecified atom stereocenters. The third-order valence-corrected chi connectivity index (χ3v) is 12.0. The summed E-state index contributed by atoms with van der Waals surface area (Å²) in [5.41, 5.74) is -0.279. The Labute approximate surface area is 234 Å². The van der Waals surface area contributed by atoms with Gasteiger partial charge in [-0.25, -0.2) is 12.8 Å². The Balaban J connectivity index is 1.18. The first-order valence-electron chi connectivity index (χ1n) is 13.9. The van der Waals surface area contributed by atoms with Crippen LogP contribution in [-0.4, -0.2) is 65.2 Å². The molecule has 1 aromatic carbocycles. The lowest BCUT2D eigenvalue weighted by molar-refractivity contribution is -0.151. The zero-order chi connectivity index (χ0) is 27.7. The van der Waals surface area contributed by atoms with Crippen LogP contribution < -0.4 is 4.90 Å². The van der Waals surface area contributed by atoms with Crippen LogP contribution in [0.5, 0.6) is 0 Å². The fourth-order valence-electron chi connectivity index (χ4n) is 8.19. The van der Waals surface area contributed by atoms with Gasteiger partial charge in [0.2, 0.25) is 10.0 Å². The molecule has 1 aromatic heterocycles. The van der Waals surface area contributed by atoms with Crippen molar-refractivity contribution in [3.05, 3.63) is 40.8 Å². The number of halogens is 2. The Morgan fingerprint density at radius 1 is 1.26 bits per heavy atom. The topological polar surface area (TPSA) is 95.7 Å². The van der Waals surface area contributed by atoms with Crippen molar-refractivity contribution in [1.29, 1.82) is 0 Å². The second-order valence-corrected chi connectivity index (χ2v) is 14.6. The van der Waals surface area contributed by atoms with Crippen molar-refractivity contribution < 1.29 is 22.7 Å². The summed E-state index contributed by atoms with van der Waals surface area (Å²) >= 11 is 6.81. The molecule has 0 radical (unpaired) electrons. The minimum atomic E-state index is -3.85. The van der Waals surface area contributed by atoms with Crippen LogP contribution in [-0.2, 0) is 17.1 Å². The molecule has 5 fully saturated rings. The van der Waals surface area contributed by atoms with Gasteiger partial charge in [-0.15, -0.1) is 0 Å². The number of aryl methyl sites for hydroxylation is 1. The Bertz CT molecular complexity index is 1380. The van der Waals surface area contributed by atoms with E-state index in [0.29, 0.717) is 43.0 Å². The lowest BCUT2D eigenvalue weighted by atomic mass is 9.49. The van der Waals surface area contributed by atoms with E-state index in [9.17, 15) is 22.7 Å². The van der Waals surface area contributed by atoms with Crippen molar-refractivity contribution in [2.45, 2.75) is 67.9 Å². The summed E-state index contributed by atoms with van der Waals surface area (Å²) < 4.78 is 43.2. The normalized spacial score (nSPS) is 32.5. The number of aromatic nitrogens is 2. The smallest absolute Gasteiger partial charge is 0.243 e. The summed E-state index contributed by atoms with van der Waals surface area (Å²) in [6.07, 6.45) is 6.45. The monoisotopic (exact) mass is 578 g/mol. The van der Waals surface area contributed by atoms with E-state index in [0.717, 1.165) is 44.6 Å². The summed E-state index contributed by atoms with van der Waals surface area (Å²) in [7, 11) is -0.259. The number of likely N-dealkylation sites (N-methyl/N-ethyl adjacent to an activating group) is 1. The quantitative estimate of drug-likeness (QED) is 0.493. The molecule has 7 rings (SSSR count). The molecule has 0 spiro atoms. The van der Waals surface area contributed by atoms with Crippen LogP contribution >= 0.6 is 11.6 Å². The fraction of sp³-hybridized carbons (Fsp3) is 0.643. The molecule has 3 atom stereocenters. The Morgan fingerprint density at radius 3 is 2.64 bits per heavy atom. The number of carbonyl (C=O) groups excluding carboxylic acids is 1. The number of ketones is 1. The predicted molar refractivity (Wildman–Crippen MR) is 146 cm³/mol. The van der Waals surface area contributed by atoms with Gasteiger partial charge in [0.25, 0.3) is 0 Å². The molecule has 212 valence electrons. The number of hydrogen-bond donors (Lipinski definition) is 1. The number of Topliss-reactive ketones (excluding diaryl/α,β-unsaturated/α-hetero) is 1. The number of nitrogens with zero attached hydrogens (tertiary/aromatic N) is 4. The van der Waals surface area contributed by atoms with Crippen LogP contribution in [0.3, 0.4) is 0 Å². The molecule has 1 aliphatic heterocycles. The van der Waals surface area contributed by atoms with E-state index in [2.05, 4.69) is 5.10 Å². The molecule has 11 heteroatoms. The van der Waals surface area contributed by atoms with Gasteiger partial charge in [-0.3, -0.25) is 9.48 Å². The van der Waals surface area contributed by atoms with Gasteiger partial charge in [-0.2, -0.15) is 9.40 Å². The highest BCUT2D eigenvalue weighted by atomic mass is 35.5. The standard InChI is InChI=1S/C28H36ClFN4O4S/c1-32(21-6-4-8-34(16-21)39(37,38)22-7-3-5-20(30)11-22)27-25(29)26(31-33(27)2)24(35)12-23-18-9-17-10-19(23)15-28(36,13-17)14-18/h3,5,7,11,17-19,21,23,36H,4,6,8-10,12-16H2,1-2H3/t17?,18?,19?,21-,23?,28?/m0/s1. The highest BCUT2D eigenvalue weighted by Gasteiger charge is 2.55. The summed E-state index contributed by atoms with van der Waals surface area (Å²) in [5.74, 6) is 1.51. The number of piperidine rings is 1. The molecule has 5 aliphatic rings. The van der Waals surface area contributed by atoms with Gasteiger partial charge in [-0.1, -0.05) is 17.7 Å². The number of anilines is 1. The van der Waals surface area contributed by atoms with Gasteiger partial charge in [0.15, 0.2) is 5.78 Å². The zero-order valence-corrected chi connectivity index (χ0v) is 24.0. The number of carbonyl (C=O) groups is 1. The maximum absolute atomic E-state index is 13.7. The summed E-state index contributed by atoms with van der Waals surface area (Å²) in [6.45, 7) is 0.571. The number of rotatable bonds is 7. The molecule has 2 aromatic rings. The Morgan fingerprint density at radius 2 is 1.97 bits per heavy atom. The number of sulfonamides is 1. The van der Waals surface area contributed by atoms with Crippen LogP contribution in [0.2, 0.25) is 5.02 Å². The molecular formula is C28H36ClFN4O4S. The van der Waals surface area contributed by atoms with E-state index in [4.69, 9.17) is 11.6 Å². The van der Waals surface area contributed by atoms with E-state index in [1.807, 2.05) is 11.9 Å². The molecule has 2 heterocycles. The van der Waals surface area contributed by atoms with Crippen LogP contribution in [0.1, 0.15) is 61.9 Å². The van der Waals surface area contributed by atoms with Gasteiger partial charge >= 0.3 is 0 Å². The van der Waals surface area contributed by atoms with Gasteiger partial charge in [0, 0.05) is 39.6 Å². The molecule has 1 N–H and O–H groups in total. The highest BCUT2D eigenvalue weighted by molar-refractivity contribution is 7.89. The van der Waals surface area contributed by atoms with Crippen LogP contribution in [0.15, 0.2) is 29.2 Å². The lowest BCUT2D eigenvalue weighted by Gasteiger charge is -2.58.